The molecule has 2 atom stereocenters. The van der Waals surface area contributed by atoms with E-state index in [9.17, 15) is 19.4 Å². The number of aryl methyl sites for hydroxylation is 1. The van der Waals surface area contributed by atoms with Crippen molar-refractivity contribution in [3.63, 3.8) is 0 Å². The number of nitrogens with one attached hydrogen (secondary N) is 1. The van der Waals surface area contributed by atoms with Gasteiger partial charge in [0.2, 0.25) is 0 Å². The highest BCUT2D eigenvalue weighted by molar-refractivity contribution is 7.55. The third-order valence-electron chi connectivity index (χ3n) is 3.36. The van der Waals surface area contributed by atoms with E-state index < -0.39 is 19.5 Å². The first-order chi connectivity index (χ1) is 11.0. The molecule has 0 radical (unpaired) electrons. The van der Waals surface area contributed by atoms with Gasteiger partial charge in [0, 0.05) is 18.6 Å². The summed E-state index contributed by atoms with van der Waals surface area (Å²) in [7, 11) is -3.76. The van der Waals surface area contributed by atoms with E-state index >= 15 is 0 Å². The van der Waals surface area contributed by atoms with Crippen LogP contribution in [0.4, 0.5) is 0 Å². The van der Waals surface area contributed by atoms with Gasteiger partial charge in [0.1, 0.15) is 6.04 Å². The number of hydrogen-bond donors (Lipinski definition) is 3. The number of carboxylic acid groups (broad SMARTS) is 1. The van der Waals surface area contributed by atoms with Crippen molar-refractivity contribution in [2.24, 2.45) is 0 Å². The van der Waals surface area contributed by atoms with Gasteiger partial charge in [0.25, 0.3) is 7.52 Å². The van der Waals surface area contributed by atoms with Gasteiger partial charge >= 0.3 is 5.97 Å². The van der Waals surface area contributed by atoms with E-state index in [4.69, 9.17) is 0 Å². The molecule has 0 aliphatic rings. The van der Waals surface area contributed by atoms with Crippen LogP contribution >= 0.6 is 7.52 Å². The smallest absolute Gasteiger partial charge is 0.325 e. The predicted octanol–water partition coefficient (Wildman–Crippen LogP) is 2.62. The fourth-order valence-corrected chi connectivity index (χ4v) is 3.61. The standard InChI is InChI=1S/C16H19N2O4P/c19-16(20)15(14-8-2-1-3-9-14)18-23(21,22)11-5-7-13-6-4-10-17-12-13/h1-4,6,8-10,12,15H,5,7,11H2,(H,19,20)(H2,18,21,22). The van der Waals surface area contributed by atoms with Crippen molar-refractivity contribution in [2.75, 3.05) is 6.16 Å². The average molecular weight is 334 g/mol. The Morgan fingerprint density at radius 3 is 2.57 bits per heavy atom. The number of aliphatic carboxylic acids is 1. The molecule has 0 saturated heterocycles. The number of rotatable bonds is 8. The average Bonchev–Trinajstić information content (AvgIpc) is 2.54. The third kappa shape index (κ3) is 5.60. The molecule has 2 rings (SSSR count). The van der Waals surface area contributed by atoms with Crippen LogP contribution in [-0.2, 0) is 15.8 Å². The van der Waals surface area contributed by atoms with Gasteiger partial charge in [-0.3, -0.25) is 14.3 Å². The van der Waals surface area contributed by atoms with Crippen LogP contribution in [0.15, 0.2) is 54.9 Å². The summed E-state index contributed by atoms with van der Waals surface area (Å²) in [5.74, 6) is -1.18. The second-order valence-corrected chi connectivity index (χ2v) is 7.31. The van der Waals surface area contributed by atoms with E-state index in [0.29, 0.717) is 18.4 Å². The number of pyridine rings is 1. The summed E-state index contributed by atoms with van der Waals surface area (Å²) in [6.07, 6.45) is 4.45. The summed E-state index contributed by atoms with van der Waals surface area (Å²) in [6, 6.07) is 10.9. The highest BCUT2D eigenvalue weighted by Gasteiger charge is 2.28. The number of nitrogens with zero attached hydrogens (tertiary/aromatic N) is 1. The fourth-order valence-electron chi connectivity index (χ4n) is 2.23. The molecule has 0 bridgehead atoms. The predicted molar refractivity (Wildman–Crippen MR) is 87.2 cm³/mol. The van der Waals surface area contributed by atoms with Crippen LogP contribution < -0.4 is 5.09 Å². The lowest BCUT2D eigenvalue weighted by atomic mass is 10.1. The summed E-state index contributed by atoms with van der Waals surface area (Å²) in [5, 5.41) is 11.7. The van der Waals surface area contributed by atoms with Gasteiger partial charge in [-0.2, -0.15) is 0 Å². The first-order valence-corrected chi connectivity index (χ1v) is 9.09. The Labute approximate surface area is 134 Å². The minimum atomic E-state index is -3.76. The van der Waals surface area contributed by atoms with Crippen molar-refractivity contribution in [3.05, 3.63) is 66.0 Å². The molecular weight excluding hydrogens is 315 g/mol. The lowest BCUT2D eigenvalue weighted by Crippen LogP contribution is -2.27. The SMILES string of the molecule is O=C(O)C(NP(=O)(O)CCCc1cccnc1)c1ccccc1. The number of aromatic nitrogens is 1. The first kappa shape index (κ1) is 17.3. The van der Waals surface area contributed by atoms with Crippen molar-refractivity contribution in [3.8, 4) is 0 Å². The molecule has 0 aliphatic heterocycles. The Balaban J connectivity index is 1.95. The second kappa shape index (κ2) is 8.02. The molecule has 0 spiro atoms. The van der Waals surface area contributed by atoms with Gasteiger partial charge in [0.05, 0.1) is 0 Å². The van der Waals surface area contributed by atoms with Crippen LogP contribution in [0, 0.1) is 0 Å². The molecule has 0 amide bonds. The zero-order valence-electron chi connectivity index (χ0n) is 12.5. The summed E-state index contributed by atoms with van der Waals surface area (Å²) in [4.78, 5) is 25.4. The van der Waals surface area contributed by atoms with Crippen LogP contribution in [0.3, 0.4) is 0 Å². The summed E-state index contributed by atoms with van der Waals surface area (Å²) in [6.45, 7) is 0. The zero-order valence-corrected chi connectivity index (χ0v) is 13.4. The minimum absolute atomic E-state index is 0.00148. The second-order valence-electron chi connectivity index (χ2n) is 5.20. The highest BCUT2D eigenvalue weighted by atomic mass is 31.2. The van der Waals surface area contributed by atoms with E-state index in [0.717, 1.165) is 5.56 Å². The normalized spacial score (nSPS) is 14.8. The first-order valence-electron chi connectivity index (χ1n) is 7.24. The third-order valence-corrected chi connectivity index (χ3v) is 4.94. The molecule has 6 nitrogen and oxygen atoms in total. The Bertz CT molecular complexity index is 679. The maximum absolute atomic E-state index is 12.3. The van der Waals surface area contributed by atoms with Crippen molar-refractivity contribution in [2.45, 2.75) is 18.9 Å². The van der Waals surface area contributed by atoms with Crippen molar-refractivity contribution >= 4 is 13.5 Å². The maximum atomic E-state index is 12.3. The van der Waals surface area contributed by atoms with Gasteiger partial charge in [-0.15, -0.1) is 0 Å². The quantitative estimate of drug-likeness (QED) is 0.642. The van der Waals surface area contributed by atoms with E-state index in [2.05, 4.69) is 10.1 Å². The topological polar surface area (TPSA) is 99.5 Å². The molecule has 1 aromatic carbocycles. The minimum Gasteiger partial charge on any atom is -0.480 e. The van der Waals surface area contributed by atoms with E-state index in [1.54, 1.807) is 42.7 Å². The van der Waals surface area contributed by atoms with Crippen LogP contribution in [0.5, 0.6) is 0 Å². The molecule has 122 valence electrons. The summed E-state index contributed by atoms with van der Waals surface area (Å²) in [5.41, 5.74) is 1.42. The van der Waals surface area contributed by atoms with Crippen molar-refractivity contribution in [1.29, 1.82) is 0 Å². The fraction of sp³-hybridized carbons (Fsp3) is 0.250. The maximum Gasteiger partial charge on any atom is 0.325 e. The molecular formula is C16H19N2O4P. The Morgan fingerprint density at radius 2 is 1.96 bits per heavy atom. The molecule has 2 unspecified atom stereocenters. The molecule has 0 saturated carbocycles. The molecule has 23 heavy (non-hydrogen) atoms. The lowest BCUT2D eigenvalue weighted by molar-refractivity contribution is -0.139. The number of carbonyl (C=O) groups is 1. The molecule has 1 aromatic heterocycles. The van der Waals surface area contributed by atoms with Gasteiger partial charge in [-0.25, -0.2) is 5.09 Å². The largest absolute Gasteiger partial charge is 0.480 e. The Kier molecular flexibility index (Phi) is 6.04. The van der Waals surface area contributed by atoms with E-state index in [1.165, 1.54) is 0 Å². The van der Waals surface area contributed by atoms with Gasteiger partial charge in [-0.1, -0.05) is 36.4 Å². The molecule has 1 heterocycles. The Hall–Kier alpha value is -2.01. The molecule has 0 fully saturated rings. The highest BCUT2D eigenvalue weighted by Crippen LogP contribution is 2.39. The lowest BCUT2D eigenvalue weighted by Gasteiger charge is -2.19. The molecule has 3 N–H and O–H groups in total. The van der Waals surface area contributed by atoms with Gasteiger partial charge in [0.15, 0.2) is 0 Å². The summed E-state index contributed by atoms with van der Waals surface area (Å²) >= 11 is 0. The number of benzene rings is 1. The summed E-state index contributed by atoms with van der Waals surface area (Å²) < 4.78 is 12.3. The molecule has 7 heteroatoms. The van der Waals surface area contributed by atoms with Gasteiger partial charge < -0.3 is 10.00 Å². The zero-order chi connectivity index (χ0) is 16.7. The Morgan fingerprint density at radius 1 is 1.22 bits per heavy atom. The number of hydrogen-bond acceptors (Lipinski definition) is 3. The van der Waals surface area contributed by atoms with E-state index in [-0.39, 0.29) is 6.16 Å². The van der Waals surface area contributed by atoms with Crippen LogP contribution in [0.1, 0.15) is 23.6 Å². The monoisotopic (exact) mass is 334 g/mol. The molecule has 0 aliphatic carbocycles. The van der Waals surface area contributed by atoms with E-state index in [1.807, 2.05) is 12.1 Å². The van der Waals surface area contributed by atoms with Gasteiger partial charge in [-0.05, 0) is 30.0 Å². The van der Waals surface area contributed by atoms with Crippen molar-refractivity contribution in [1.82, 2.24) is 10.1 Å². The number of carboxylic acids is 1. The van der Waals surface area contributed by atoms with Crippen LogP contribution in [0.25, 0.3) is 0 Å². The molecule has 2 aromatic rings. The van der Waals surface area contributed by atoms with Crippen LogP contribution in [0.2, 0.25) is 0 Å². The van der Waals surface area contributed by atoms with Crippen LogP contribution in [-0.4, -0.2) is 27.1 Å². The van der Waals surface area contributed by atoms with Crippen molar-refractivity contribution < 1.29 is 19.4 Å².